The lowest BCUT2D eigenvalue weighted by atomic mass is 10.2. The minimum Gasteiger partial charge on any atom is -0.308 e. The summed E-state index contributed by atoms with van der Waals surface area (Å²) in [5.74, 6) is 0.619. The summed E-state index contributed by atoms with van der Waals surface area (Å²) in [6.07, 6.45) is 0. The zero-order valence-corrected chi connectivity index (χ0v) is 10.0. The molecule has 1 heterocycles. The van der Waals surface area contributed by atoms with Gasteiger partial charge in [-0.1, -0.05) is 12.1 Å². The van der Waals surface area contributed by atoms with Crippen molar-refractivity contribution in [1.82, 2.24) is 9.27 Å². The Hall–Kier alpha value is -1.46. The van der Waals surface area contributed by atoms with Crippen molar-refractivity contribution in [3.05, 3.63) is 24.3 Å². The predicted molar refractivity (Wildman–Crippen MR) is 66.8 cm³/mol. The fourth-order valence-electron chi connectivity index (χ4n) is 1.43. The molecular formula is C11H13N3OS. The maximum Gasteiger partial charge on any atom is 0.239 e. The summed E-state index contributed by atoms with van der Waals surface area (Å²) >= 11 is 1.40. The molecule has 0 aliphatic rings. The largest absolute Gasteiger partial charge is 0.308 e. The summed E-state index contributed by atoms with van der Waals surface area (Å²) in [7, 11) is 3.72. The van der Waals surface area contributed by atoms with Gasteiger partial charge in [0, 0.05) is 5.39 Å². The Morgan fingerprint density at radius 3 is 2.94 bits per heavy atom. The topological polar surface area (TPSA) is 45.2 Å². The van der Waals surface area contributed by atoms with Crippen molar-refractivity contribution in [2.45, 2.75) is 0 Å². The average Bonchev–Trinajstić information content (AvgIpc) is 2.61. The van der Waals surface area contributed by atoms with E-state index >= 15 is 0 Å². The second-order valence-electron chi connectivity index (χ2n) is 3.81. The van der Waals surface area contributed by atoms with Crippen LogP contribution in [0.1, 0.15) is 0 Å². The van der Waals surface area contributed by atoms with Crippen molar-refractivity contribution >= 4 is 33.3 Å². The number of nitrogens with one attached hydrogen (secondary N) is 1. The molecule has 2 aromatic rings. The van der Waals surface area contributed by atoms with Crippen LogP contribution in [0.25, 0.3) is 10.1 Å². The van der Waals surface area contributed by atoms with Crippen molar-refractivity contribution in [2.24, 2.45) is 0 Å². The summed E-state index contributed by atoms with van der Waals surface area (Å²) in [6.45, 7) is 0.367. The molecule has 0 saturated heterocycles. The highest BCUT2D eigenvalue weighted by atomic mass is 32.1. The molecule has 4 nitrogen and oxygen atoms in total. The van der Waals surface area contributed by atoms with Gasteiger partial charge in [0.25, 0.3) is 0 Å². The van der Waals surface area contributed by atoms with Crippen molar-refractivity contribution in [3.63, 3.8) is 0 Å². The van der Waals surface area contributed by atoms with Crippen LogP contribution in [-0.4, -0.2) is 35.8 Å². The molecule has 0 atom stereocenters. The van der Waals surface area contributed by atoms with Gasteiger partial charge in [-0.15, -0.1) is 0 Å². The van der Waals surface area contributed by atoms with Crippen molar-refractivity contribution in [2.75, 3.05) is 26.0 Å². The van der Waals surface area contributed by atoms with Crippen LogP contribution in [0, 0.1) is 0 Å². The van der Waals surface area contributed by atoms with E-state index in [1.165, 1.54) is 11.5 Å². The molecule has 0 unspecified atom stereocenters. The van der Waals surface area contributed by atoms with E-state index in [0.29, 0.717) is 12.4 Å². The first-order chi connectivity index (χ1) is 7.66. The van der Waals surface area contributed by atoms with E-state index in [2.05, 4.69) is 9.69 Å². The summed E-state index contributed by atoms with van der Waals surface area (Å²) < 4.78 is 5.32. The third-order valence-corrected chi connectivity index (χ3v) is 2.92. The first kappa shape index (κ1) is 11.0. The molecule has 1 aromatic carbocycles. The van der Waals surface area contributed by atoms with Crippen LogP contribution in [-0.2, 0) is 4.79 Å². The van der Waals surface area contributed by atoms with Gasteiger partial charge in [-0.2, -0.15) is 4.37 Å². The SMILES string of the molecule is CN(C)CC(=O)Nc1nsc2ccccc12. The molecule has 0 bridgehead atoms. The number of nitrogens with zero attached hydrogens (tertiary/aromatic N) is 2. The molecule has 5 heteroatoms. The molecule has 1 aromatic heterocycles. The maximum atomic E-state index is 11.6. The van der Waals surface area contributed by atoms with E-state index in [-0.39, 0.29) is 5.91 Å². The minimum absolute atomic E-state index is 0.0407. The van der Waals surface area contributed by atoms with Gasteiger partial charge in [0.15, 0.2) is 5.82 Å². The molecular weight excluding hydrogens is 222 g/mol. The highest BCUT2D eigenvalue weighted by Crippen LogP contribution is 2.25. The van der Waals surface area contributed by atoms with Crippen LogP contribution in [0.15, 0.2) is 24.3 Å². The highest BCUT2D eigenvalue weighted by Gasteiger charge is 2.09. The maximum absolute atomic E-state index is 11.6. The van der Waals surface area contributed by atoms with E-state index in [9.17, 15) is 4.79 Å². The van der Waals surface area contributed by atoms with Gasteiger partial charge in [0.1, 0.15) is 0 Å². The zero-order chi connectivity index (χ0) is 11.5. The van der Waals surface area contributed by atoms with Gasteiger partial charge in [0.05, 0.1) is 11.2 Å². The molecule has 2 rings (SSSR count). The number of hydrogen-bond donors (Lipinski definition) is 1. The summed E-state index contributed by atoms with van der Waals surface area (Å²) in [6, 6.07) is 7.86. The van der Waals surface area contributed by atoms with Crippen LogP contribution >= 0.6 is 11.5 Å². The number of anilines is 1. The standard InChI is InChI=1S/C11H13N3OS/c1-14(2)7-10(15)12-11-8-5-3-4-6-9(8)16-13-11/h3-6H,7H2,1-2H3,(H,12,13,15). The van der Waals surface area contributed by atoms with Gasteiger partial charge in [-0.3, -0.25) is 4.79 Å². The quantitative estimate of drug-likeness (QED) is 0.882. The first-order valence-corrected chi connectivity index (χ1v) is 5.73. The smallest absolute Gasteiger partial charge is 0.239 e. The number of amides is 1. The molecule has 16 heavy (non-hydrogen) atoms. The monoisotopic (exact) mass is 235 g/mol. The van der Waals surface area contributed by atoms with Crippen LogP contribution in [0.2, 0.25) is 0 Å². The van der Waals surface area contributed by atoms with Crippen LogP contribution < -0.4 is 5.32 Å². The van der Waals surface area contributed by atoms with Crippen molar-refractivity contribution < 1.29 is 4.79 Å². The molecule has 1 amide bonds. The second kappa shape index (κ2) is 4.59. The molecule has 0 radical (unpaired) electrons. The van der Waals surface area contributed by atoms with Crippen molar-refractivity contribution in [1.29, 1.82) is 0 Å². The van der Waals surface area contributed by atoms with Gasteiger partial charge in [0.2, 0.25) is 5.91 Å². The average molecular weight is 235 g/mol. The van der Waals surface area contributed by atoms with E-state index in [4.69, 9.17) is 0 Å². The summed E-state index contributed by atoms with van der Waals surface area (Å²) in [5, 5.41) is 3.81. The Morgan fingerprint density at radius 2 is 2.19 bits per heavy atom. The number of carbonyl (C=O) groups is 1. The number of aromatic nitrogens is 1. The Bertz CT molecular complexity index is 507. The van der Waals surface area contributed by atoms with Gasteiger partial charge in [-0.25, -0.2) is 0 Å². The Labute approximate surface area is 98.0 Å². The number of carbonyl (C=O) groups excluding carboxylic acids is 1. The fraction of sp³-hybridized carbons (Fsp3) is 0.273. The molecule has 1 N–H and O–H groups in total. The Kier molecular flexibility index (Phi) is 3.17. The van der Waals surface area contributed by atoms with E-state index in [1.807, 2.05) is 43.3 Å². The van der Waals surface area contributed by atoms with Crippen LogP contribution in [0.3, 0.4) is 0 Å². The molecule has 84 valence electrons. The molecule has 0 fully saturated rings. The number of rotatable bonds is 3. The van der Waals surface area contributed by atoms with E-state index in [1.54, 1.807) is 0 Å². The third kappa shape index (κ3) is 2.37. The van der Waals surface area contributed by atoms with Crippen LogP contribution in [0.5, 0.6) is 0 Å². The summed E-state index contributed by atoms with van der Waals surface area (Å²) in [4.78, 5) is 13.4. The van der Waals surface area contributed by atoms with Gasteiger partial charge >= 0.3 is 0 Å². The molecule has 0 saturated carbocycles. The van der Waals surface area contributed by atoms with Crippen molar-refractivity contribution in [3.8, 4) is 0 Å². The number of likely N-dealkylation sites (N-methyl/N-ethyl adjacent to an activating group) is 1. The predicted octanol–water partition coefficient (Wildman–Crippen LogP) is 1.80. The second-order valence-corrected chi connectivity index (χ2v) is 4.62. The number of fused-ring (bicyclic) bond motifs is 1. The lowest BCUT2D eigenvalue weighted by Crippen LogP contribution is -2.27. The lowest BCUT2D eigenvalue weighted by Gasteiger charge is -2.08. The molecule has 0 aliphatic heterocycles. The Balaban J connectivity index is 2.18. The third-order valence-electron chi connectivity index (χ3n) is 2.10. The van der Waals surface area contributed by atoms with E-state index < -0.39 is 0 Å². The van der Waals surface area contributed by atoms with Crippen LogP contribution in [0.4, 0.5) is 5.82 Å². The van der Waals surface area contributed by atoms with Gasteiger partial charge < -0.3 is 10.2 Å². The molecule has 0 aliphatic carbocycles. The molecule has 0 spiro atoms. The summed E-state index contributed by atoms with van der Waals surface area (Å²) in [5.41, 5.74) is 0. The minimum atomic E-state index is -0.0407. The highest BCUT2D eigenvalue weighted by molar-refractivity contribution is 7.13. The normalized spacial score (nSPS) is 10.9. The fourth-order valence-corrected chi connectivity index (χ4v) is 2.17. The number of hydrogen-bond acceptors (Lipinski definition) is 4. The Morgan fingerprint density at radius 1 is 1.44 bits per heavy atom. The first-order valence-electron chi connectivity index (χ1n) is 4.96. The van der Waals surface area contributed by atoms with Gasteiger partial charge in [-0.05, 0) is 37.8 Å². The zero-order valence-electron chi connectivity index (χ0n) is 9.23. The number of benzene rings is 1. The lowest BCUT2D eigenvalue weighted by molar-refractivity contribution is -0.116. The van der Waals surface area contributed by atoms with E-state index in [0.717, 1.165) is 10.1 Å².